The van der Waals surface area contributed by atoms with Crippen molar-refractivity contribution in [2.45, 2.75) is 270 Å². The van der Waals surface area contributed by atoms with Crippen LogP contribution < -0.4 is 0 Å². The van der Waals surface area contributed by atoms with Crippen molar-refractivity contribution < 1.29 is 19.4 Å². The molecule has 4 heteroatoms. The van der Waals surface area contributed by atoms with Gasteiger partial charge in [-0.1, -0.05) is 213 Å². The summed E-state index contributed by atoms with van der Waals surface area (Å²) in [6.07, 6.45) is 48.9. The van der Waals surface area contributed by atoms with Crippen molar-refractivity contribution in [3.63, 3.8) is 0 Å². The van der Waals surface area contributed by atoms with E-state index in [0.29, 0.717) is 12.8 Å². The summed E-state index contributed by atoms with van der Waals surface area (Å²) in [5.74, 6) is -0.613. The van der Waals surface area contributed by atoms with Crippen molar-refractivity contribution in [1.82, 2.24) is 0 Å². The van der Waals surface area contributed by atoms with E-state index in [9.17, 15) is 9.59 Å². The highest BCUT2D eigenvalue weighted by molar-refractivity contribution is 5.69. The average molecular weight is 679 g/mol. The summed E-state index contributed by atoms with van der Waals surface area (Å²) in [7, 11) is 0. The fourth-order valence-electron chi connectivity index (χ4n) is 7.07. The number of carboxylic acid groups (broad SMARTS) is 1. The molecule has 0 bridgehead atoms. The van der Waals surface area contributed by atoms with Crippen molar-refractivity contribution in [2.75, 3.05) is 0 Å². The van der Waals surface area contributed by atoms with Crippen LogP contribution in [0.15, 0.2) is 0 Å². The van der Waals surface area contributed by atoms with E-state index in [1.165, 1.54) is 205 Å². The molecule has 1 atom stereocenters. The third-order valence-electron chi connectivity index (χ3n) is 10.3. The first-order valence-electron chi connectivity index (χ1n) is 22.0. The highest BCUT2D eigenvalue weighted by atomic mass is 16.5. The Morgan fingerprint density at radius 1 is 0.375 bits per heavy atom. The number of esters is 1. The maximum atomic E-state index is 12.6. The van der Waals surface area contributed by atoms with Crippen molar-refractivity contribution >= 4 is 11.9 Å². The van der Waals surface area contributed by atoms with E-state index in [-0.39, 0.29) is 12.1 Å². The standard InChI is InChI=1S/C44H86O4/c1-3-5-7-8-9-10-11-12-13-14-18-21-24-27-30-33-37-41-44(47)48-42(38-34-6-4-2)39-35-31-28-25-22-19-16-15-17-20-23-26-29-32-36-40-43(45)46/h42H,3-41H2,1-2H3,(H,45,46). The Hall–Kier alpha value is -1.06. The smallest absolute Gasteiger partial charge is 0.306 e. The number of carbonyl (C=O) groups excluding carboxylic acids is 1. The molecule has 286 valence electrons. The van der Waals surface area contributed by atoms with Gasteiger partial charge >= 0.3 is 11.9 Å². The van der Waals surface area contributed by atoms with E-state index in [1.807, 2.05) is 0 Å². The molecule has 0 fully saturated rings. The van der Waals surface area contributed by atoms with Crippen LogP contribution in [0.2, 0.25) is 0 Å². The molecule has 0 aromatic rings. The van der Waals surface area contributed by atoms with Crippen LogP contribution in [0.4, 0.5) is 0 Å². The van der Waals surface area contributed by atoms with Gasteiger partial charge in [0.1, 0.15) is 6.10 Å². The molecular weight excluding hydrogens is 592 g/mol. The lowest BCUT2D eigenvalue weighted by molar-refractivity contribution is -0.150. The van der Waals surface area contributed by atoms with E-state index in [2.05, 4.69) is 13.8 Å². The first-order valence-corrected chi connectivity index (χ1v) is 22.0. The molecule has 1 N–H and O–H groups in total. The Labute approximate surface area is 301 Å². The summed E-state index contributed by atoms with van der Waals surface area (Å²) in [6, 6.07) is 0. The second-order valence-electron chi connectivity index (χ2n) is 15.3. The molecule has 0 saturated heterocycles. The van der Waals surface area contributed by atoms with Crippen LogP contribution in [-0.4, -0.2) is 23.1 Å². The summed E-state index contributed by atoms with van der Waals surface area (Å²) in [4.78, 5) is 23.1. The van der Waals surface area contributed by atoms with E-state index in [1.54, 1.807) is 0 Å². The topological polar surface area (TPSA) is 63.6 Å². The summed E-state index contributed by atoms with van der Waals surface area (Å²) >= 11 is 0. The van der Waals surface area contributed by atoms with Gasteiger partial charge in [0.2, 0.25) is 0 Å². The van der Waals surface area contributed by atoms with Crippen LogP contribution in [0.3, 0.4) is 0 Å². The molecule has 0 aromatic carbocycles. The highest BCUT2D eigenvalue weighted by Gasteiger charge is 2.14. The molecule has 0 saturated carbocycles. The molecule has 1 unspecified atom stereocenters. The first-order chi connectivity index (χ1) is 23.6. The molecule has 0 aliphatic heterocycles. The van der Waals surface area contributed by atoms with Crippen LogP contribution in [0.25, 0.3) is 0 Å². The number of carboxylic acids is 1. The quantitative estimate of drug-likeness (QED) is 0.0516. The first kappa shape index (κ1) is 46.9. The lowest BCUT2D eigenvalue weighted by Crippen LogP contribution is -2.18. The molecule has 0 aliphatic carbocycles. The molecule has 0 aliphatic rings. The maximum absolute atomic E-state index is 12.6. The number of hydrogen-bond acceptors (Lipinski definition) is 3. The van der Waals surface area contributed by atoms with Gasteiger partial charge in [0.05, 0.1) is 0 Å². The zero-order valence-corrected chi connectivity index (χ0v) is 32.8. The van der Waals surface area contributed by atoms with Crippen molar-refractivity contribution in [1.29, 1.82) is 0 Å². The molecule has 48 heavy (non-hydrogen) atoms. The molecule has 0 amide bonds. The Morgan fingerprint density at radius 3 is 0.958 bits per heavy atom. The van der Waals surface area contributed by atoms with Gasteiger partial charge in [0.25, 0.3) is 0 Å². The average Bonchev–Trinajstić information content (AvgIpc) is 3.07. The van der Waals surface area contributed by atoms with E-state index >= 15 is 0 Å². The second-order valence-corrected chi connectivity index (χ2v) is 15.3. The SMILES string of the molecule is CCCCCCCCCCCCCCCCCCCC(=O)OC(CCCCC)CCCCCCCCCCCCCCCCCC(=O)O. The minimum absolute atomic E-state index is 0.0493. The molecule has 4 nitrogen and oxygen atoms in total. The number of unbranched alkanes of at least 4 members (excludes halogenated alkanes) is 32. The number of rotatable bonds is 41. The van der Waals surface area contributed by atoms with E-state index < -0.39 is 5.97 Å². The summed E-state index contributed by atoms with van der Waals surface area (Å²) < 4.78 is 6.00. The van der Waals surface area contributed by atoms with E-state index in [0.717, 1.165) is 32.1 Å². The fraction of sp³-hybridized carbons (Fsp3) is 0.955. The molecular formula is C44H86O4. The summed E-state index contributed by atoms with van der Waals surface area (Å²) in [5.41, 5.74) is 0. The second kappa shape index (κ2) is 40.4. The number of aliphatic carboxylic acids is 1. The van der Waals surface area contributed by atoms with Gasteiger partial charge in [-0.05, 0) is 38.5 Å². The zero-order chi connectivity index (χ0) is 35.0. The van der Waals surface area contributed by atoms with Crippen molar-refractivity contribution in [3.05, 3.63) is 0 Å². The predicted molar refractivity (Wildman–Crippen MR) is 209 cm³/mol. The zero-order valence-electron chi connectivity index (χ0n) is 32.8. The minimum atomic E-state index is -0.662. The van der Waals surface area contributed by atoms with Crippen LogP contribution in [0, 0.1) is 0 Å². The van der Waals surface area contributed by atoms with Crippen LogP contribution in [0.1, 0.15) is 264 Å². The van der Waals surface area contributed by atoms with Gasteiger partial charge < -0.3 is 9.84 Å². The fourth-order valence-corrected chi connectivity index (χ4v) is 7.07. The third-order valence-corrected chi connectivity index (χ3v) is 10.3. The molecule has 0 radical (unpaired) electrons. The van der Waals surface area contributed by atoms with Crippen molar-refractivity contribution in [3.8, 4) is 0 Å². The van der Waals surface area contributed by atoms with Gasteiger partial charge in [0.15, 0.2) is 0 Å². The van der Waals surface area contributed by atoms with Gasteiger partial charge in [-0.3, -0.25) is 9.59 Å². The van der Waals surface area contributed by atoms with Gasteiger partial charge in [0, 0.05) is 12.8 Å². The number of carbonyl (C=O) groups is 2. The Kier molecular flexibility index (Phi) is 39.5. The Morgan fingerprint density at radius 2 is 0.625 bits per heavy atom. The highest BCUT2D eigenvalue weighted by Crippen LogP contribution is 2.19. The third kappa shape index (κ3) is 39.4. The number of hydrogen-bond donors (Lipinski definition) is 1. The normalized spacial score (nSPS) is 12.0. The molecule has 0 heterocycles. The summed E-state index contributed by atoms with van der Waals surface area (Å²) in [6.45, 7) is 4.54. The van der Waals surface area contributed by atoms with Gasteiger partial charge in [-0.15, -0.1) is 0 Å². The molecule has 0 rings (SSSR count). The van der Waals surface area contributed by atoms with Crippen LogP contribution in [-0.2, 0) is 14.3 Å². The van der Waals surface area contributed by atoms with Crippen LogP contribution in [0.5, 0.6) is 0 Å². The van der Waals surface area contributed by atoms with Crippen molar-refractivity contribution in [2.24, 2.45) is 0 Å². The lowest BCUT2D eigenvalue weighted by Gasteiger charge is -2.18. The Balaban J connectivity index is 3.63. The largest absolute Gasteiger partial charge is 0.481 e. The summed E-state index contributed by atoms with van der Waals surface area (Å²) in [5, 5.41) is 8.68. The van der Waals surface area contributed by atoms with Gasteiger partial charge in [-0.25, -0.2) is 0 Å². The monoisotopic (exact) mass is 679 g/mol. The Bertz CT molecular complexity index is 648. The predicted octanol–water partition coefficient (Wildman–Crippen LogP) is 15.2. The lowest BCUT2D eigenvalue weighted by atomic mass is 10.0. The molecule has 0 spiro atoms. The molecule has 0 aromatic heterocycles. The van der Waals surface area contributed by atoms with E-state index in [4.69, 9.17) is 9.84 Å². The minimum Gasteiger partial charge on any atom is -0.481 e. The maximum Gasteiger partial charge on any atom is 0.306 e. The number of ether oxygens (including phenoxy) is 1. The van der Waals surface area contributed by atoms with Crippen LogP contribution >= 0.6 is 0 Å². The van der Waals surface area contributed by atoms with Gasteiger partial charge in [-0.2, -0.15) is 0 Å².